The highest BCUT2D eigenvalue weighted by atomic mass is 32.2. The van der Waals surface area contributed by atoms with Gasteiger partial charge in [0.1, 0.15) is 16.9 Å². The van der Waals surface area contributed by atoms with E-state index in [1.807, 2.05) is 32.9 Å². The minimum Gasteiger partial charge on any atom is -0.379 e. The lowest BCUT2D eigenvalue weighted by Crippen LogP contribution is -2.40. The first kappa shape index (κ1) is 22.7. The number of nitriles is 1. The molecular weight excluding hydrogens is 446 g/mol. The quantitative estimate of drug-likeness (QED) is 0.509. The van der Waals surface area contributed by atoms with E-state index >= 15 is 0 Å². The molecule has 0 saturated carbocycles. The number of imidazole rings is 1. The molecule has 0 N–H and O–H groups in total. The summed E-state index contributed by atoms with van der Waals surface area (Å²) in [6, 6.07) is 9.27. The van der Waals surface area contributed by atoms with Gasteiger partial charge in [0.25, 0.3) is 0 Å². The molecule has 3 heterocycles. The third kappa shape index (κ3) is 4.26. The molecule has 1 aromatic carbocycles. The van der Waals surface area contributed by atoms with Crippen LogP contribution in [0.4, 0.5) is 0 Å². The first-order valence-electron chi connectivity index (χ1n) is 10.4. The van der Waals surface area contributed by atoms with Gasteiger partial charge in [0.2, 0.25) is 10.0 Å². The minimum atomic E-state index is -3.58. The fraction of sp³-hybridized carbons (Fsp3) is 0.409. The van der Waals surface area contributed by atoms with Gasteiger partial charge in [-0.1, -0.05) is 11.8 Å². The van der Waals surface area contributed by atoms with Crippen LogP contribution < -0.4 is 0 Å². The van der Waals surface area contributed by atoms with Gasteiger partial charge in [-0.2, -0.15) is 9.57 Å². The molecule has 1 aliphatic heterocycles. The summed E-state index contributed by atoms with van der Waals surface area (Å²) in [7, 11) is -3.58. The number of fused-ring (bicyclic) bond motifs is 1. The average molecular weight is 472 g/mol. The van der Waals surface area contributed by atoms with E-state index in [0.29, 0.717) is 54.7 Å². The van der Waals surface area contributed by atoms with Crippen molar-refractivity contribution in [2.24, 2.45) is 0 Å². The van der Waals surface area contributed by atoms with Gasteiger partial charge in [-0.15, -0.1) is 0 Å². The summed E-state index contributed by atoms with van der Waals surface area (Å²) in [6.45, 7) is 8.09. The summed E-state index contributed by atoms with van der Waals surface area (Å²) in [5.41, 5.74) is 3.89. The Kier molecular flexibility index (Phi) is 6.53. The van der Waals surface area contributed by atoms with Crippen molar-refractivity contribution in [2.75, 3.05) is 26.3 Å². The molecule has 32 heavy (non-hydrogen) atoms. The third-order valence-corrected chi connectivity index (χ3v) is 8.35. The summed E-state index contributed by atoms with van der Waals surface area (Å²) in [6.07, 6.45) is 0. The second kappa shape index (κ2) is 9.19. The molecule has 4 rings (SSSR count). The van der Waals surface area contributed by atoms with E-state index in [-0.39, 0.29) is 4.90 Å². The second-order valence-corrected chi connectivity index (χ2v) is 10.5. The van der Waals surface area contributed by atoms with Crippen LogP contribution in [0.2, 0.25) is 0 Å². The third-order valence-electron chi connectivity index (χ3n) is 5.48. The van der Waals surface area contributed by atoms with Crippen molar-refractivity contribution in [3.63, 3.8) is 0 Å². The van der Waals surface area contributed by atoms with Crippen LogP contribution in [0.1, 0.15) is 29.6 Å². The van der Waals surface area contributed by atoms with E-state index in [1.165, 1.54) is 16.1 Å². The van der Waals surface area contributed by atoms with Gasteiger partial charge < -0.3 is 9.30 Å². The molecule has 1 saturated heterocycles. The number of morpholine rings is 1. The van der Waals surface area contributed by atoms with Crippen LogP contribution in [-0.4, -0.2) is 53.6 Å². The first-order chi connectivity index (χ1) is 15.3. The highest BCUT2D eigenvalue weighted by Gasteiger charge is 2.27. The number of aryl methyl sites for hydroxylation is 3. The van der Waals surface area contributed by atoms with Crippen molar-refractivity contribution in [3.8, 4) is 6.07 Å². The lowest BCUT2D eigenvalue weighted by molar-refractivity contribution is 0.0730. The molecule has 1 fully saturated rings. The molecule has 0 bridgehead atoms. The number of benzene rings is 1. The van der Waals surface area contributed by atoms with Gasteiger partial charge in [-0.25, -0.2) is 18.4 Å². The maximum Gasteiger partial charge on any atom is 0.243 e. The Morgan fingerprint density at radius 1 is 1.19 bits per heavy atom. The summed E-state index contributed by atoms with van der Waals surface area (Å²) >= 11 is 1.47. The largest absolute Gasteiger partial charge is 0.379 e. The Morgan fingerprint density at radius 2 is 1.94 bits per heavy atom. The summed E-state index contributed by atoms with van der Waals surface area (Å²) in [4.78, 5) is 9.52. The van der Waals surface area contributed by atoms with E-state index in [9.17, 15) is 13.7 Å². The van der Waals surface area contributed by atoms with Gasteiger partial charge >= 0.3 is 0 Å². The molecule has 0 spiro atoms. The predicted molar refractivity (Wildman–Crippen MR) is 123 cm³/mol. The summed E-state index contributed by atoms with van der Waals surface area (Å²) < 4.78 is 34.9. The molecule has 0 atom stereocenters. The number of sulfonamides is 1. The molecule has 8 nitrogen and oxygen atoms in total. The van der Waals surface area contributed by atoms with Gasteiger partial charge in [0.05, 0.1) is 40.5 Å². The van der Waals surface area contributed by atoms with Crippen LogP contribution in [0, 0.1) is 25.2 Å². The first-order valence-corrected chi connectivity index (χ1v) is 12.9. The highest BCUT2D eigenvalue weighted by Crippen LogP contribution is 2.29. The maximum absolute atomic E-state index is 13.0. The fourth-order valence-corrected chi connectivity index (χ4v) is 6.37. The molecule has 0 radical (unpaired) electrons. The zero-order valence-electron chi connectivity index (χ0n) is 18.3. The number of thioether (sulfide) groups is 1. The van der Waals surface area contributed by atoms with Crippen molar-refractivity contribution in [2.45, 2.75) is 43.0 Å². The number of nitrogens with zero attached hydrogens (tertiary/aromatic N) is 5. The van der Waals surface area contributed by atoms with Crippen molar-refractivity contribution in [1.29, 1.82) is 5.26 Å². The standard InChI is InChI=1S/C22H25N5O3S2/c1-4-27-20-6-5-17(32(28,29)26-7-9-30-10-8-26)12-19(20)25-21(27)14-31-22-18(13-23)15(2)11-16(3)24-22/h5-6,11-12H,4,7-10,14H2,1-3H3. The molecule has 0 aliphatic carbocycles. The Labute approximate surface area is 192 Å². The molecule has 168 valence electrons. The summed E-state index contributed by atoms with van der Waals surface area (Å²) in [5.74, 6) is 1.34. The van der Waals surface area contributed by atoms with Crippen molar-refractivity contribution < 1.29 is 13.2 Å². The summed E-state index contributed by atoms with van der Waals surface area (Å²) in [5, 5.41) is 10.2. The second-order valence-electron chi connectivity index (χ2n) is 7.60. The van der Waals surface area contributed by atoms with Crippen LogP contribution in [-0.2, 0) is 27.1 Å². The fourth-order valence-electron chi connectivity index (χ4n) is 3.89. The Bertz CT molecular complexity index is 1310. The molecule has 10 heteroatoms. The molecule has 3 aromatic rings. The smallest absolute Gasteiger partial charge is 0.243 e. The number of pyridine rings is 1. The van der Waals surface area contributed by atoms with E-state index < -0.39 is 10.0 Å². The lowest BCUT2D eigenvalue weighted by atomic mass is 10.1. The van der Waals surface area contributed by atoms with Gasteiger partial charge in [-0.3, -0.25) is 0 Å². The van der Waals surface area contributed by atoms with Crippen LogP contribution in [0.15, 0.2) is 34.2 Å². The van der Waals surface area contributed by atoms with Gasteiger partial charge in [0.15, 0.2) is 0 Å². The zero-order chi connectivity index (χ0) is 22.9. The van der Waals surface area contributed by atoms with Crippen molar-refractivity contribution in [1.82, 2.24) is 18.8 Å². The van der Waals surface area contributed by atoms with Crippen molar-refractivity contribution >= 4 is 32.8 Å². The Morgan fingerprint density at radius 3 is 2.62 bits per heavy atom. The Hall–Kier alpha value is -2.45. The van der Waals surface area contributed by atoms with E-state index in [1.54, 1.807) is 12.1 Å². The lowest BCUT2D eigenvalue weighted by Gasteiger charge is -2.26. The number of rotatable bonds is 6. The van der Waals surface area contributed by atoms with E-state index in [4.69, 9.17) is 9.72 Å². The monoisotopic (exact) mass is 471 g/mol. The number of aromatic nitrogens is 3. The molecule has 2 aromatic heterocycles. The van der Waals surface area contributed by atoms with Crippen LogP contribution in [0.5, 0.6) is 0 Å². The topological polar surface area (TPSA) is 101 Å². The number of hydrogen-bond acceptors (Lipinski definition) is 7. The average Bonchev–Trinajstić information content (AvgIpc) is 3.14. The van der Waals surface area contributed by atoms with Crippen LogP contribution in [0.3, 0.4) is 0 Å². The van der Waals surface area contributed by atoms with E-state index in [0.717, 1.165) is 22.6 Å². The molecule has 1 aliphatic rings. The number of hydrogen-bond donors (Lipinski definition) is 0. The SMILES string of the molecule is CCn1c(CSc2nc(C)cc(C)c2C#N)nc2cc(S(=O)(=O)N3CCOCC3)ccc21. The maximum atomic E-state index is 13.0. The Balaban J connectivity index is 1.66. The van der Waals surface area contributed by atoms with E-state index in [2.05, 4.69) is 15.6 Å². The van der Waals surface area contributed by atoms with Crippen LogP contribution >= 0.6 is 11.8 Å². The highest BCUT2D eigenvalue weighted by molar-refractivity contribution is 7.98. The number of ether oxygens (including phenoxy) is 1. The predicted octanol–water partition coefficient (Wildman–Crippen LogP) is 3.25. The minimum absolute atomic E-state index is 0.245. The van der Waals surface area contributed by atoms with Crippen molar-refractivity contribution in [3.05, 3.63) is 46.9 Å². The molecular formula is C22H25N5O3S2. The van der Waals surface area contributed by atoms with Crippen LogP contribution in [0.25, 0.3) is 11.0 Å². The van der Waals surface area contributed by atoms with Gasteiger partial charge in [-0.05, 0) is 50.6 Å². The molecule has 0 unspecified atom stereocenters. The molecule has 0 amide bonds. The normalized spacial score (nSPS) is 15.2. The van der Waals surface area contributed by atoms with Gasteiger partial charge in [0, 0.05) is 25.3 Å². The zero-order valence-corrected chi connectivity index (χ0v) is 20.0.